The average molecular weight is 379 g/mol. The van der Waals surface area contributed by atoms with E-state index >= 15 is 0 Å². The Hall–Kier alpha value is -1.48. The number of hydroxylamine groups is 2. The minimum atomic E-state index is -3.14. The molecule has 0 spiro atoms. The molecule has 142 valence electrons. The van der Waals surface area contributed by atoms with Crippen molar-refractivity contribution in [2.24, 2.45) is 5.92 Å². The summed E-state index contributed by atoms with van der Waals surface area (Å²) in [6.07, 6.45) is 8.63. The number of rotatable bonds is 3. The van der Waals surface area contributed by atoms with Gasteiger partial charge in [0.05, 0.1) is 18.1 Å². The molecule has 1 atom stereocenters. The van der Waals surface area contributed by atoms with Crippen LogP contribution in [-0.2, 0) is 16.4 Å². The fourth-order valence-electron chi connectivity index (χ4n) is 4.05. The highest BCUT2D eigenvalue weighted by Crippen LogP contribution is 2.36. The predicted molar refractivity (Wildman–Crippen MR) is 97.5 cm³/mol. The van der Waals surface area contributed by atoms with Gasteiger partial charge in [0.2, 0.25) is 10.0 Å². The van der Waals surface area contributed by atoms with Crippen molar-refractivity contribution in [2.45, 2.75) is 31.8 Å². The van der Waals surface area contributed by atoms with Crippen molar-refractivity contribution in [3.8, 4) is 5.75 Å². The molecule has 8 heteroatoms. The molecule has 0 saturated carbocycles. The molecule has 0 amide bonds. The van der Waals surface area contributed by atoms with Crippen LogP contribution >= 0.6 is 0 Å². The molecule has 0 aliphatic carbocycles. The second-order valence-corrected chi connectivity index (χ2v) is 9.41. The van der Waals surface area contributed by atoms with Crippen LogP contribution in [0.2, 0.25) is 0 Å². The minimum Gasteiger partial charge on any atom is -0.488 e. The first kappa shape index (κ1) is 17.9. The Kier molecular flexibility index (Phi) is 4.77. The summed E-state index contributed by atoms with van der Waals surface area (Å²) < 4.78 is 30.9. The van der Waals surface area contributed by atoms with Crippen molar-refractivity contribution in [2.75, 3.05) is 32.4 Å². The van der Waals surface area contributed by atoms with Gasteiger partial charge in [-0.3, -0.25) is 4.98 Å². The largest absolute Gasteiger partial charge is 0.488 e. The van der Waals surface area contributed by atoms with Crippen LogP contribution in [0.4, 0.5) is 0 Å². The Bertz CT molecular complexity index is 816. The molecule has 1 aromatic rings. The molecule has 1 fully saturated rings. The zero-order valence-electron chi connectivity index (χ0n) is 15.0. The first-order valence-corrected chi connectivity index (χ1v) is 11.0. The van der Waals surface area contributed by atoms with E-state index in [0.29, 0.717) is 38.5 Å². The maximum atomic E-state index is 11.6. The summed E-state index contributed by atoms with van der Waals surface area (Å²) in [6.45, 7) is 2.32. The Morgan fingerprint density at radius 1 is 1.27 bits per heavy atom. The number of aromatic nitrogens is 1. The van der Waals surface area contributed by atoms with Crippen molar-refractivity contribution in [3.63, 3.8) is 0 Å². The maximum absolute atomic E-state index is 11.6. The third kappa shape index (κ3) is 3.64. The van der Waals surface area contributed by atoms with E-state index in [-0.39, 0.29) is 6.10 Å². The number of ether oxygens (including phenoxy) is 1. The van der Waals surface area contributed by atoms with Gasteiger partial charge in [-0.05, 0) is 36.8 Å². The first-order chi connectivity index (χ1) is 12.4. The van der Waals surface area contributed by atoms with Gasteiger partial charge in [-0.25, -0.2) is 8.42 Å². The summed E-state index contributed by atoms with van der Waals surface area (Å²) in [5.74, 6) is 1.32. The fourth-order valence-corrected chi connectivity index (χ4v) is 4.82. The molecule has 26 heavy (non-hydrogen) atoms. The van der Waals surface area contributed by atoms with Crippen LogP contribution in [-0.4, -0.2) is 66.5 Å². The number of sulfonamides is 1. The Balaban J connectivity index is 1.45. The molecule has 1 N–H and O–H groups in total. The molecule has 7 nitrogen and oxygen atoms in total. The highest BCUT2D eigenvalue weighted by Gasteiger charge is 2.33. The summed E-state index contributed by atoms with van der Waals surface area (Å²) in [5, 5.41) is 10.9. The van der Waals surface area contributed by atoms with Crippen molar-refractivity contribution < 1.29 is 18.4 Å². The number of hydrogen-bond acceptors (Lipinski definition) is 6. The lowest BCUT2D eigenvalue weighted by atomic mass is 9.89. The average Bonchev–Trinajstić information content (AvgIpc) is 3.05. The molecule has 3 aliphatic rings. The highest BCUT2D eigenvalue weighted by molar-refractivity contribution is 7.88. The van der Waals surface area contributed by atoms with Gasteiger partial charge in [-0.2, -0.15) is 9.37 Å². The van der Waals surface area contributed by atoms with E-state index in [2.05, 4.69) is 11.1 Å². The van der Waals surface area contributed by atoms with Crippen LogP contribution < -0.4 is 4.74 Å². The van der Waals surface area contributed by atoms with E-state index in [9.17, 15) is 13.6 Å². The minimum absolute atomic E-state index is 0.164. The Morgan fingerprint density at radius 2 is 2.04 bits per heavy atom. The van der Waals surface area contributed by atoms with E-state index in [4.69, 9.17) is 4.74 Å². The predicted octanol–water partition coefficient (Wildman–Crippen LogP) is 1.53. The molecule has 0 unspecified atom stereocenters. The molecule has 0 bridgehead atoms. The van der Waals surface area contributed by atoms with Gasteiger partial charge in [0.25, 0.3) is 0 Å². The summed E-state index contributed by atoms with van der Waals surface area (Å²) in [6, 6.07) is 2.10. The zero-order valence-corrected chi connectivity index (χ0v) is 15.8. The summed E-state index contributed by atoms with van der Waals surface area (Å²) >= 11 is 0. The number of piperidine rings is 1. The van der Waals surface area contributed by atoms with E-state index in [1.165, 1.54) is 21.2 Å². The highest BCUT2D eigenvalue weighted by atomic mass is 32.2. The van der Waals surface area contributed by atoms with Gasteiger partial charge in [-0.1, -0.05) is 6.08 Å². The third-order valence-electron chi connectivity index (χ3n) is 5.66. The van der Waals surface area contributed by atoms with Crippen LogP contribution in [0.15, 0.2) is 18.3 Å². The number of fused-ring (bicyclic) bond motifs is 1. The molecular formula is C18H25N3O4S. The van der Waals surface area contributed by atoms with Crippen LogP contribution in [0.1, 0.15) is 30.5 Å². The molecular weight excluding hydrogens is 354 g/mol. The van der Waals surface area contributed by atoms with Gasteiger partial charge in [-0.15, -0.1) is 0 Å². The summed E-state index contributed by atoms with van der Waals surface area (Å²) in [7, 11) is -3.14. The van der Waals surface area contributed by atoms with Gasteiger partial charge in [0, 0.05) is 38.2 Å². The van der Waals surface area contributed by atoms with Crippen LogP contribution in [0.25, 0.3) is 5.57 Å². The van der Waals surface area contributed by atoms with E-state index in [1.807, 2.05) is 6.08 Å². The van der Waals surface area contributed by atoms with Gasteiger partial charge in [0.15, 0.2) is 0 Å². The molecule has 4 heterocycles. The molecule has 1 saturated heterocycles. The second-order valence-electron chi connectivity index (χ2n) is 7.43. The Labute approximate surface area is 154 Å². The van der Waals surface area contributed by atoms with E-state index < -0.39 is 10.0 Å². The molecule has 1 aromatic heterocycles. The van der Waals surface area contributed by atoms with Crippen molar-refractivity contribution in [3.05, 3.63) is 29.6 Å². The molecule has 0 aromatic carbocycles. The lowest BCUT2D eigenvalue weighted by Crippen LogP contribution is -2.37. The lowest BCUT2D eigenvalue weighted by Gasteiger charge is -2.30. The second kappa shape index (κ2) is 6.92. The van der Waals surface area contributed by atoms with Crippen molar-refractivity contribution in [1.82, 2.24) is 14.4 Å². The van der Waals surface area contributed by atoms with Gasteiger partial charge in [0.1, 0.15) is 11.9 Å². The van der Waals surface area contributed by atoms with Crippen LogP contribution in [0.3, 0.4) is 0 Å². The van der Waals surface area contributed by atoms with E-state index in [0.717, 1.165) is 36.3 Å². The van der Waals surface area contributed by atoms with Crippen molar-refractivity contribution in [1.29, 1.82) is 0 Å². The van der Waals surface area contributed by atoms with Crippen molar-refractivity contribution >= 4 is 15.6 Å². The third-order valence-corrected chi connectivity index (χ3v) is 6.93. The number of pyridine rings is 1. The maximum Gasteiger partial charge on any atom is 0.211 e. The topological polar surface area (TPSA) is 83.0 Å². The number of nitrogens with zero attached hydrogens (tertiary/aromatic N) is 3. The molecule has 0 radical (unpaired) electrons. The normalized spacial score (nSPS) is 25.6. The smallest absolute Gasteiger partial charge is 0.211 e. The molecule has 4 rings (SSSR count). The SMILES string of the molecule is CS(=O)(=O)N1CC=C(c2cc3c(cn2)O[C@@H](C2CCN(O)CC2)C3)CC1. The Morgan fingerprint density at radius 3 is 2.69 bits per heavy atom. The quantitative estimate of drug-likeness (QED) is 0.858. The number of hydrogen-bond donors (Lipinski definition) is 1. The van der Waals surface area contributed by atoms with Crippen LogP contribution in [0, 0.1) is 5.92 Å². The van der Waals surface area contributed by atoms with Gasteiger partial charge < -0.3 is 9.94 Å². The first-order valence-electron chi connectivity index (χ1n) is 9.14. The summed E-state index contributed by atoms with van der Waals surface area (Å²) in [5.41, 5.74) is 3.20. The zero-order chi connectivity index (χ0) is 18.3. The monoisotopic (exact) mass is 379 g/mol. The van der Waals surface area contributed by atoms with E-state index in [1.54, 1.807) is 6.20 Å². The summed E-state index contributed by atoms with van der Waals surface area (Å²) in [4.78, 5) is 4.54. The molecule has 3 aliphatic heterocycles. The van der Waals surface area contributed by atoms with Gasteiger partial charge >= 0.3 is 0 Å². The lowest BCUT2D eigenvalue weighted by molar-refractivity contribution is -0.118. The standard InChI is InChI=1S/C18H25N3O4S/c1-26(23,24)21-8-4-13(5-9-21)16-10-15-11-17(25-18(15)12-19-16)14-2-6-20(22)7-3-14/h4,10,12,14,17,22H,2-3,5-9,11H2,1H3/t17-/m1/s1. The fraction of sp³-hybridized carbons (Fsp3) is 0.611. The van der Waals surface area contributed by atoms with Crippen LogP contribution in [0.5, 0.6) is 5.75 Å².